The van der Waals surface area contributed by atoms with Crippen LogP contribution in [0.15, 0.2) is 30.3 Å². The summed E-state index contributed by atoms with van der Waals surface area (Å²) in [4.78, 5) is 0. The summed E-state index contributed by atoms with van der Waals surface area (Å²) in [7, 11) is 0. The number of hydrogen-bond donors (Lipinski definition) is 0. The number of hydrogen-bond acceptors (Lipinski definition) is 2. The van der Waals surface area contributed by atoms with Crippen molar-refractivity contribution in [3.63, 3.8) is 0 Å². The monoisotopic (exact) mass is 318 g/mol. The van der Waals surface area contributed by atoms with Crippen LogP contribution in [0.5, 0.6) is 0 Å². The van der Waals surface area contributed by atoms with Crippen molar-refractivity contribution in [2.75, 3.05) is 4.43 Å². The lowest BCUT2D eigenvalue weighted by Gasteiger charge is -2.16. The third kappa shape index (κ3) is 2.52. The van der Waals surface area contributed by atoms with Crippen molar-refractivity contribution in [2.24, 2.45) is 0 Å². The Morgan fingerprint density at radius 1 is 1.20 bits per heavy atom. The highest BCUT2D eigenvalue weighted by atomic mass is 127. The van der Waals surface area contributed by atoms with E-state index in [4.69, 9.17) is 9.47 Å². The summed E-state index contributed by atoms with van der Waals surface area (Å²) in [6.45, 7) is 3.94. The van der Waals surface area contributed by atoms with Crippen LogP contribution in [-0.4, -0.2) is 16.3 Å². The fourth-order valence-electron chi connectivity index (χ4n) is 1.87. The third-order valence-electron chi connectivity index (χ3n) is 2.46. The van der Waals surface area contributed by atoms with Gasteiger partial charge in [-0.15, -0.1) is 0 Å². The Kier molecular flexibility index (Phi) is 3.33. The molecule has 0 aliphatic carbocycles. The van der Waals surface area contributed by atoms with E-state index in [1.165, 1.54) is 5.56 Å². The lowest BCUT2D eigenvalue weighted by Crippen LogP contribution is -2.21. The Labute approximate surface area is 104 Å². The Morgan fingerprint density at radius 2 is 1.87 bits per heavy atom. The highest BCUT2D eigenvalue weighted by Crippen LogP contribution is 2.38. The average Bonchev–Trinajstić information content (AvgIpc) is 2.55. The molecule has 0 bridgehead atoms. The smallest absolute Gasteiger partial charge is 0.164 e. The van der Waals surface area contributed by atoms with Crippen molar-refractivity contribution in [2.45, 2.75) is 31.8 Å². The fraction of sp³-hybridized carbons (Fsp3) is 0.500. The number of alkyl halides is 1. The van der Waals surface area contributed by atoms with E-state index in [1.807, 2.05) is 32.0 Å². The zero-order valence-electron chi connectivity index (χ0n) is 8.94. The molecule has 0 spiro atoms. The highest BCUT2D eigenvalue weighted by Gasteiger charge is 2.41. The summed E-state index contributed by atoms with van der Waals surface area (Å²) in [5.41, 5.74) is 1.20. The first-order valence-corrected chi connectivity index (χ1v) is 6.61. The molecular weight excluding hydrogens is 303 g/mol. The van der Waals surface area contributed by atoms with Crippen LogP contribution in [0.4, 0.5) is 0 Å². The molecule has 0 aromatic heterocycles. The predicted molar refractivity (Wildman–Crippen MR) is 68.1 cm³/mol. The van der Waals surface area contributed by atoms with Crippen molar-refractivity contribution in [1.82, 2.24) is 0 Å². The van der Waals surface area contributed by atoms with E-state index in [1.54, 1.807) is 0 Å². The van der Waals surface area contributed by atoms with Crippen molar-refractivity contribution in [3.8, 4) is 0 Å². The largest absolute Gasteiger partial charge is 0.343 e. The molecule has 0 unspecified atom stereocenters. The van der Waals surface area contributed by atoms with E-state index < -0.39 is 5.79 Å². The van der Waals surface area contributed by atoms with Gasteiger partial charge in [-0.25, -0.2) is 0 Å². The molecule has 1 aromatic rings. The minimum absolute atomic E-state index is 0.0677. The van der Waals surface area contributed by atoms with Crippen LogP contribution in [0.2, 0.25) is 0 Å². The number of benzene rings is 1. The number of ether oxygens (including phenoxy) is 2. The highest BCUT2D eigenvalue weighted by molar-refractivity contribution is 14.1. The van der Waals surface area contributed by atoms with Gasteiger partial charge in [0.15, 0.2) is 5.79 Å². The van der Waals surface area contributed by atoms with Crippen molar-refractivity contribution in [3.05, 3.63) is 35.9 Å². The van der Waals surface area contributed by atoms with Gasteiger partial charge in [-0.2, -0.15) is 0 Å². The molecule has 1 aliphatic rings. The first kappa shape index (κ1) is 11.4. The van der Waals surface area contributed by atoms with Crippen molar-refractivity contribution >= 4 is 22.6 Å². The molecule has 15 heavy (non-hydrogen) atoms. The number of halogens is 1. The fourth-order valence-corrected chi connectivity index (χ4v) is 2.52. The second-order valence-electron chi connectivity index (χ2n) is 4.16. The van der Waals surface area contributed by atoms with Crippen LogP contribution in [0, 0.1) is 0 Å². The second-order valence-corrected chi connectivity index (χ2v) is 5.04. The SMILES string of the molecule is CC1(C)O[C@@H](CI)[C@H](c2ccccc2)O1. The maximum atomic E-state index is 5.91. The van der Waals surface area contributed by atoms with Gasteiger partial charge in [0.05, 0.1) is 0 Å². The first-order chi connectivity index (χ1) is 7.12. The molecule has 3 heteroatoms. The molecule has 0 radical (unpaired) electrons. The van der Waals surface area contributed by atoms with E-state index >= 15 is 0 Å². The van der Waals surface area contributed by atoms with Crippen LogP contribution < -0.4 is 0 Å². The zero-order valence-corrected chi connectivity index (χ0v) is 11.1. The van der Waals surface area contributed by atoms with Crippen LogP contribution in [-0.2, 0) is 9.47 Å². The number of rotatable bonds is 2. The molecule has 2 nitrogen and oxygen atoms in total. The molecule has 1 fully saturated rings. The molecule has 0 amide bonds. The summed E-state index contributed by atoms with van der Waals surface area (Å²) in [6, 6.07) is 10.3. The van der Waals surface area contributed by atoms with Gasteiger partial charge in [0.25, 0.3) is 0 Å². The van der Waals surface area contributed by atoms with Gasteiger partial charge >= 0.3 is 0 Å². The van der Waals surface area contributed by atoms with Gasteiger partial charge in [-0.3, -0.25) is 0 Å². The van der Waals surface area contributed by atoms with Gasteiger partial charge in [0.2, 0.25) is 0 Å². The van der Waals surface area contributed by atoms with E-state index in [0.717, 1.165) is 4.43 Å². The maximum Gasteiger partial charge on any atom is 0.164 e. The summed E-state index contributed by atoms with van der Waals surface area (Å²) in [5.74, 6) is -0.462. The van der Waals surface area contributed by atoms with Crippen LogP contribution in [0.3, 0.4) is 0 Å². The second kappa shape index (κ2) is 4.39. The average molecular weight is 318 g/mol. The Bertz CT molecular complexity index is 324. The minimum atomic E-state index is -0.462. The predicted octanol–water partition coefficient (Wildman–Crippen LogP) is 3.31. The molecule has 1 heterocycles. The Hall–Kier alpha value is -0.130. The Balaban J connectivity index is 2.22. The topological polar surface area (TPSA) is 18.5 Å². The Morgan fingerprint density at radius 3 is 2.47 bits per heavy atom. The molecule has 2 atom stereocenters. The van der Waals surface area contributed by atoms with E-state index in [9.17, 15) is 0 Å². The lowest BCUT2D eigenvalue weighted by atomic mass is 10.1. The van der Waals surface area contributed by atoms with Crippen LogP contribution >= 0.6 is 22.6 Å². The summed E-state index contributed by atoms with van der Waals surface area (Å²) >= 11 is 2.34. The van der Waals surface area contributed by atoms with Crippen LogP contribution in [0.1, 0.15) is 25.5 Å². The maximum absolute atomic E-state index is 5.91. The summed E-state index contributed by atoms with van der Waals surface area (Å²) < 4.78 is 12.7. The standard InChI is InChI=1S/C12H15IO2/c1-12(2)14-10(8-13)11(15-12)9-6-4-3-5-7-9/h3-7,10-11H,8H2,1-2H3/t10-,11-/m0/s1. The zero-order chi connectivity index (χ0) is 10.9. The van der Waals surface area contributed by atoms with Gasteiger partial charge in [-0.1, -0.05) is 52.9 Å². The van der Waals surface area contributed by atoms with E-state index in [0.29, 0.717) is 0 Å². The van der Waals surface area contributed by atoms with Gasteiger partial charge in [0.1, 0.15) is 12.2 Å². The van der Waals surface area contributed by atoms with Gasteiger partial charge in [-0.05, 0) is 19.4 Å². The molecule has 1 saturated heterocycles. The molecule has 1 aliphatic heterocycles. The van der Waals surface area contributed by atoms with Gasteiger partial charge in [0, 0.05) is 4.43 Å². The molecule has 2 rings (SSSR count). The molecule has 82 valence electrons. The van der Waals surface area contributed by atoms with Crippen molar-refractivity contribution < 1.29 is 9.47 Å². The van der Waals surface area contributed by atoms with Gasteiger partial charge < -0.3 is 9.47 Å². The summed E-state index contributed by atoms with van der Waals surface area (Å²) in [5, 5.41) is 0. The van der Waals surface area contributed by atoms with E-state index in [2.05, 4.69) is 34.7 Å². The van der Waals surface area contributed by atoms with Crippen molar-refractivity contribution in [1.29, 1.82) is 0 Å². The molecule has 0 N–H and O–H groups in total. The quantitative estimate of drug-likeness (QED) is 0.615. The summed E-state index contributed by atoms with van der Waals surface area (Å²) in [6.07, 6.45) is 0.223. The first-order valence-electron chi connectivity index (χ1n) is 5.09. The molecule has 1 aromatic carbocycles. The molecular formula is C12H15IO2. The third-order valence-corrected chi connectivity index (χ3v) is 3.33. The minimum Gasteiger partial charge on any atom is -0.343 e. The lowest BCUT2D eigenvalue weighted by molar-refractivity contribution is -0.145. The normalized spacial score (nSPS) is 29.3. The van der Waals surface area contributed by atoms with Crippen LogP contribution in [0.25, 0.3) is 0 Å². The molecule has 0 saturated carbocycles. The van der Waals surface area contributed by atoms with E-state index in [-0.39, 0.29) is 12.2 Å².